The lowest BCUT2D eigenvalue weighted by Gasteiger charge is -2.41. The fraction of sp³-hybridized carbons (Fsp3) is 0.667. The van der Waals surface area contributed by atoms with Crippen LogP contribution in [0.2, 0.25) is 0 Å². The van der Waals surface area contributed by atoms with Gasteiger partial charge in [-0.2, -0.15) is 0 Å². The van der Waals surface area contributed by atoms with E-state index in [2.05, 4.69) is 57.3 Å². The Kier molecular flexibility index (Phi) is 4.67. The molecule has 0 bridgehead atoms. The van der Waals surface area contributed by atoms with Gasteiger partial charge in [0.05, 0.1) is 0 Å². The first-order valence-corrected chi connectivity index (χ1v) is 7.85. The second kappa shape index (κ2) is 6.09. The molecule has 19 heavy (non-hydrogen) atoms. The summed E-state index contributed by atoms with van der Waals surface area (Å²) in [4.78, 5) is 0. The van der Waals surface area contributed by atoms with Crippen molar-refractivity contribution in [2.75, 3.05) is 0 Å². The molecular formula is C18H29N. The fourth-order valence-electron chi connectivity index (χ4n) is 3.29. The molecule has 0 aliphatic heterocycles. The minimum atomic E-state index is 0.441. The average Bonchev–Trinajstić information content (AvgIpc) is 2.38. The summed E-state index contributed by atoms with van der Waals surface area (Å²) in [5.74, 6) is 0. The van der Waals surface area contributed by atoms with E-state index < -0.39 is 0 Å². The van der Waals surface area contributed by atoms with Gasteiger partial charge in [-0.25, -0.2) is 0 Å². The molecule has 1 aliphatic carbocycles. The van der Waals surface area contributed by atoms with Crippen molar-refractivity contribution in [2.45, 2.75) is 71.9 Å². The summed E-state index contributed by atoms with van der Waals surface area (Å²) in [5, 5.41) is 3.93. The van der Waals surface area contributed by atoms with Crippen molar-refractivity contribution in [3.05, 3.63) is 35.4 Å². The zero-order valence-electron chi connectivity index (χ0n) is 13.0. The van der Waals surface area contributed by atoms with Crippen LogP contribution in [0.5, 0.6) is 0 Å². The first kappa shape index (κ1) is 14.6. The van der Waals surface area contributed by atoms with Gasteiger partial charge in [0.1, 0.15) is 0 Å². The van der Waals surface area contributed by atoms with Gasteiger partial charge in [0.2, 0.25) is 0 Å². The van der Waals surface area contributed by atoms with E-state index in [0.29, 0.717) is 17.5 Å². The standard InChI is InChI=1S/C18H29N/c1-5-16(15-11-9-14(2)10-12-15)19-17-8-6-7-13-18(17,3)4/h9-12,16-17,19H,5-8,13H2,1-4H3. The zero-order chi connectivity index (χ0) is 13.9. The topological polar surface area (TPSA) is 12.0 Å². The van der Waals surface area contributed by atoms with Gasteiger partial charge in [-0.1, -0.05) is 63.4 Å². The Labute approximate surface area is 118 Å². The highest BCUT2D eigenvalue weighted by molar-refractivity contribution is 5.24. The summed E-state index contributed by atoms with van der Waals surface area (Å²) in [5.41, 5.74) is 3.22. The van der Waals surface area contributed by atoms with E-state index >= 15 is 0 Å². The summed E-state index contributed by atoms with van der Waals surface area (Å²) in [6.45, 7) is 9.28. The van der Waals surface area contributed by atoms with Crippen LogP contribution in [0.15, 0.2) is 24.3 Å². The number of nitrogens with one attached hydrogen (secondary N) is 1. The van der Waals surface area contributed by atoms with Crippen LogP contribution < -0.4 is 5.32 Å². The third kappa shape index (κ3) is 3.60. The van der Waals surface area contributed by atoms with Crippen LogP contribution >= 0.6 is 0 Å². The van der Waals surface area contributed by atoms with Crippen molar-refractivity contribution < 1.29 is 0 Å². The van der Waals surface area contributed by atoms with Crippen molar-refractivity contribution in [2.24, 2.45) is 5.41 Å². The van der Waals surface area contributed by atoms with Gasteiger partial charge in [-0.3, -0.25) is 0 Å². The highest BCUT2D eigenvalue weighted by Crippen LogP contribution is 2.37. The second-order valence-electron chi connectivity index (χ2n) is 6.83. The van der Waals surface area contributed by atoms with Gasteiger partial charge in [-0.05, 0) is 37.2 Å². The molecule has 0 amide bonds. The van der Waals surface area contributed by atoms with Gasteiger partial charge in [0.15, 0.2) is 0 Å². The molecule has 1 aromatic rings. The number of hydrogen-bond acceptors (Lipinski definition) is 1. The van der Waals surface area contributed by atoms with Crippen molar-refractivity contribution in [1.82, 2.24) is 5.32 Å². The van der Waals surface area contributed by atoms with Crippen molar-refractivity contribution in [1.29, 1.82) is 0 Å². The van der Waals surface area contributed by atoms with Crippen LogP contribution in [-0.4, -0.2) is 6.04 Å². The van der Waals surface area contributed by atoms with Gasteiger partial charge >= 0.3 is 0 Å². The summed E-state index contributed by atoms with van der Waals surface area (Å²) in [7, 11) is 0. The molecule has 106 valence electrons. The first-order chi connectivity index (χ1) is 9.03. The molecule has 1 fully saturated rings. The molecule has 0 saturated heterocycles. The molecule has 1 saturated carbocycles. The molecule has 2 rings (SSSR count). The van der Waals surface area contributed by atoms with Crippen molar-refractivity contribution >= 4 is 0 Å². The molecule has 1 heteroatoms. The molecule has 1 nitrogen and oxygen atoms in total. The Balaban J connectivity index is 2.08. The second-order valence-corrected chi connectivity index (χ2v) is 6.83. The molecule has 1 N–H and O–H groups in total. The molecule has 0 heterocycles. The van der Waals surface area contributed by atoms with Crippen LogP contribution in [0, 0.1) is 12.3 Å². The Morgan fingerprint density at radius 3 is 2.47 bits per heavy atom. The lowest BCUT2D eigenvalue weighted by molar-refractivity contribution is 0.154. The molecule has 1 aromatic carbocycles. The van der Waals surface area contributed by atoms with Gasteiger partial charge < -0.3 is 5.32 Å². The van der Waals surface area contributed by atoms with E-state index in [4.69, 9.17) is 0 Å². The summed E-state index contributed by atoms with van der Waals surface area (Å²) >= 11 is 0. The lowest BCUT2D eigenvalue weighted by atomic mass is 9.73. The zero-order valence-corrected chi connectivity index (χ0v) is 13.0. The maximum atomic E-state index is 3.93. The minimum absolute atomic E-state index is 0.441. The largest absolute Gasteiger partial charge is 0.307 e. The smallest absolute Gasteiger partial charge is 0.0320 e. The number of aryl methyl sites for hydroxylation is 1. The maximum Gasteiger partial charge on any atom is 0.0320 e. The summed E-state index contributed by atoms with van der Waals surface area (Å²) < 4.78 is 0. The third-order valence-corrected chi connectivity index (χ3v) is 4.80. The molecule has 1 aliphatic rings. The van der Waals surface area contributed by atoms with Gasteiger partial charge in [0, 0.05) is 12.1 Å². The summed E-state index contributed by atoms with van der Waals surface area (Å²) in [6, 6.07) is 10.2. The molecule has 2 atom stereocenters. The number of rotatable bonds is 4. The number of benzene rings is 1. The van der Waals surface area contributed by atoms with E-state index in [1.807, 2.05) is 0 Å². The van der Waals surface area contributed by atoms with Crippen molar-refractivity contribution in [3.63, 3.8) is 0 Å². The maximum absolute atomic E-state index is 3.93. The van der Waals surface area contributed by atoms with E-state index in [1.54, 1.807) is 0 Å². The SMILES string of the molecule is CCC(NC1CCCCC1(C)C)c1ccc(C)cc1. The predicted molar refractivity (Wildman–Crippen MR) is 83.4 cm³/mol. The first-order valence-electron chi connectivity index (χ1n) is 7.85. The van der Waals surface area contributed by atoms with E-state index in [0.717, 1.165) is 6.42 Å². The van der Waals surface area contributed by atoms with Crippen LogP contribution in [0.1, 0.15) is 70.0 Å². The minimum Gasteiger partial charge on any atom is -0.307 e. The highest BCUT2D eigenvalue weighted by Gasteiger charge is 2.33. The van der Waals surface area contributed by atoms with Gasteiger partial charge in [0.25, 0.3) is 0 Å². The highest BCUT2D eigenvalue weighted by atomic mass is 15.0. The van der Waals surface area contributed by atoms with E-state index in [9.17, 15) is 0 Å². The Morgan fingerprint density at radius 1 is 1.21 bits per heavy atom. The molecule has 0 radical (unpaired) electrons. The molecular weight excluding hydrogens is 230 g/mol. The summed E-state index contributed by atoms with van der Waals surface area (Å²) in [6.07, 6.45) is 6.62. The predicted octanol–water partition coefficient (Wildman–Crippen LogP) is 5.00. The van der Waals surface area contributed by atoms with E-state index in [-0.39, 0.29) is 0 Å². The molecule has 0 spiro atoms. The molecule has 2 unspecified atom stereocenters. The molecule has 0 aromatic heterocycles. The fourth-order valence-corrected chi connectivity index (χ4v) is 3.29. The third-order valence-electron chi connectivity index (χ3n) is 4.80. The quantitative estimate of drug-likeness (QED) is 0.802. The van der Waals surface area contributed by atoms with Crippen LogP contribution in [0.25, 0.3) is 0 Å². The lowest BCUT2D eigenvalue weighted by Crippen LogP contribution is -2.45. The monoisotopic (exact) mass is 259 g/mol. The average molecular weight is 259 g/mol. The van der Waals surface area contributed by atoms with Gasteiger partial charge in [-0.15, -0.1) is 0 Å². The van der Waals surface area contributed by atoms with Crippen LogP contribution in [-0.2, 0) is 0 Å². The van der Waals surface area contributed by atoms with Crippen LogP contribution in [0.4, 0.5) is 0 Å². The normalized spacial score (nSPS) is 24.1. The van der Waals surface area contributed by atoms with Crippen molar-refractivity contribution in [3.8, 4) is 0 Å². The van der Waals surface area contributed by atoms with E-state index in [1.165, 1.54) is 36.8 Å². The Bertz CT molecular complexity index is 391. The Hall–Kier alpha value is -0.820. The number of hydrogen-bond donors (Lipinski definition) is 1. The Morgan fingerprint density at radius 2 is 1.89 bits per heavy atom. The van der Waals surface area contributed by atoms with Crippen LogP contribution in [0.3, 0.4) is 0 Å².